The Morgan fingerprint density at radius 3 is 2.29 bits per heavy atom. The maximum absolute atomic E-state index is 11.3. The van der Waals surface area contributed by atoms with E-state index in [1.165, 1.54) is 44.9 Å². The summed E-state index contributed by atoms with van der Waals surface area (Å²) in [4.78, 5) is 13.3. The molecule has 0 aromatic rings. The molecule has 0 aromatic carbocycles. The standard InChI is InChI=1S/C15H29NO/c1-4-6-8-14(7-5-2)15-9-11-16(12-10-15)13(3)17/h14-15H,4-12H2,1-3H3. The van der Waals surface area contributed by atoms with E-state index in [0.29, 0.717) is 0 Å². The van der Waals surface area contributed by atoms with Crippen molar-refractivity contribution >= 4 is 5.91 Å². The Labute approximate surface area is 107 Å². The predicted molar refractivity (Wildman–Crippen MR) is 72.9 cm³/mol. The Kier molecular flexibility index (Phi) is 6.61. The van der Waals surface area contributed by atoms with Gasteiger partial charge in [-0.25, -0.2) is 0 Å². The molecule has 2 nitrogen and oxygen atoms in total. The van der Waals surface area contributed by atoms with Crippen molar-refractivity contribution in [2.75, 3.05) is 13.1 Å². The lowest BCUT2D eigenvalue weighted by molar-refractivity contribution is -0.130. The summed E-state index contributed by atoms with van der Waals surface area (Å²) >= 11 is 0. The molecule has 1 atom stereocenters. The first-order valence-electron chi connectivity index (χ1n) is 7.44. The monoisotopic (exact) mass is 239 g/mol. The third-order valence-electron chi connectivity index (χ3n) is 4.24. The van der Waals surface area contributed by atoms with Gasteiger partial charge in [-0.3, -0.25) is 4.79 Å². The van der Waals surface area contributed by atoms with E-state index in [0.717, 1.165) is 24.9 Å². The summed E-state index contributed by atoms with van der Waals surface area (Å²) in [6, 6.07) is 0. The van der Waals surface area contributed by atoms with Crippen molar-refractivity contribution in [3.8, 4) is 0 Å². The van der Waals surface area contributed by atoms with Crippen molar-refractivity contribution in [2.24, 2.45) is 11.8 Å². The summed E-state index contributed by atoms with van der Waals surface area (Å²) < 4.78 is 0. The van der Waals surface area contributed by atoms with Crippen molar-refractivity contribution in [3.63, 3.8) is 0 Å². The minimum Gasteiger partial charge on any atom is -0.343 e. The third kappa shape index (κ3) is 4.69. The maximum Gasteiger partial charge on any atom is 0.219 e. The van der Waals surface area contributed by atoms with Gasteiger partial charge in [-0.05, 0) is 24.7 Å². The smallest absolute Gasteiger partial charge is 0.219 e. The molecule has 0 saturated carbocycles. The van der Waals surface area contributed by atoms with Crippen LogP contribution < -0.4 is 0 Å². The van der Waals surface area contributed by atoms with Crippen LogP contribution in [0, 0.1) is 11.8 Å². The molecule has 1 heterocycles. The number of carbonyl (C=O) groups is 1. The lowest BCUT2D eigenvalue weighted by Gasteiger charge is -2.36. The molecule has 0 bridgehead atoms. The summed E-state index contributed by atoms with van der Waals surface area (Å²) in [5.74, 6) is 2.04. The van der Waals surface area contributed by atoms with Gasteiger partial charge in [0.1, 0.15) is 0 Å². The second-order valence-electron chi connectivity index (χ2n) is 5.53. The molecule has 100 valence electrons. The van der Waals surface area contributed by atoms with E-state index in [-0.39, 0.29) is 5.91 Å². The van der Waals surface area contributed by atoms with Crippen LogP contribution in [0.15, 0.2) is 0 Å². The molecule has 1 amide bonds. The van der Waals surface area contributed by atoms with E-state index in [1.807, 2.05) is 4.90 Å². The number of hydrogen-bond acceptors (Lipinski definition) is 1. The second kappa shape index (κ2) is 7.73. The first kappa shape index (κ1) is 14.5. The molecule has 17 heavy (non-hydrogen) atoms. The van der Waals surface area contributed by atoms with Crippen LogP contribution in [-0.4, -0.2) is 23.9 Å². The number of unbranched alkanes of at least 4 members (excludes halogenated alkanes) is 1. The SMILES string of the molecule is CCCCC(CCC)C1CCN(C(C)=O)CC1. The fourth-order valence-corrected chi connectivity index (χ4v) is 3.14. The number of nitrogens with zero attached hydrogens (tertiary/aromatic N) is 1. The Hall–Kier alpha value is -0.530. The average molecular weight is 239 g/mol. The molecular weight excluding hydrogens is 210 g/mol. The van der Waals surface area contributed by atoms with Gasteiger partial charge in [-0.2, -0.15) is 0 Å². The molecule has 1 saturated heterocycles. The highest BCUT2D eigenvalue weighted by molar-refractivity contribution is 5.73. The normalized spacial score (nSPS) is 19.4. The van der Waals surface area contributed by atoms with Gasteiger partial charge < -0.3 is 4.90 Å². The van der Waals surface area contributed by atoms with Gasteiger partial charge in [-0.1, -0.05) is 46.0 Å². The van der Waals surface area contributed by atoms with E-state index in [4.69, 9.17) is 0 Å². The van der Waals surface area contributed by atoms with Gasteiger partial charge >= 0.3 is 0 Å². The second-order valence-corrected chi connectivity index (χ2v) is 5.53. The number of carbonyl (C=O) groups excluding carboxylic acids is 1. The molecule has 0 radical (unpaired) electrons. The van der Waals surface area contributed by atoms with Crippen LogP contribution in [0.2, 0.25) is 0 Å². The highest BCUT2D eigenvalue weighted by atomic mass is 16.2. The van der Waals surface area contributed by atoms with E-state index in [9.17, 15) is 4.79 Å². The lowest BCUT2D eigenvalue weighted by Crippen LogP contribution is -2.38. The Morgan fingerprint density at radius 1 is 1.18 bits per heavy atom. The quantitative estimate of drug-likeness (QED) is 0.689. The van der Waals surface area contributed by atoms with E-state index in [2.05, 4.69) is 13.8 Å². The molecule has 0 spiro atoms. The van der Waals surface area contributed by atoms with Crippen molar-refractivity contribution in [3.05, 3.63) is 0 Å². The van der Waals surface area contributed by atoms with Crippen molar-refractivity contribution in [2.45, 2.75) is 65.7 Å². The molecule has 0 aliphatic carbocycles. The zero-order valence-corrected chi connectivity index (χ0v) is 11.9. The zero-order valence-electron chi connectivity index (χ0n) is 11.9. The van der Waals surface area contributed by atoms with E-state index < -0.39 is 0 Å². The molecule has 1 rings (SSSR count). The van der Waals surface area contributed by atoms with Crippen LogP contribution in [0.5, 0.6) is 0 Å². The molecule has 1 aliphatic heterocycles. The molecule has 0 aromatic heterocycles. The Balaban J connectivity index is 2.39. The molecule has 1 unspecified atom stereocenters. The van der Waals surface area contributed by atoms with Crippen LogP contribution in [0.4, 0.5) is 0 Å². The van der Waals surface area contributed by atoms with Crippen molar-refractivity contribution in [1.29, 1.82) is 0 Å². The Morgan fingerprint density at radius 2 is 1.82 bits per heavy atom. The van der Waals surface area contributed by atoms with Crippen LogP contribution in [-0.2, 0) is 4.79 Å². The largest absolute Gasteiger partial charge is 0.343 e. The van der Waals surface area contributed by atoms with Gasteiger partial charge in [0.05, 0.1) is 0 Å². The topological polar surface area (TPSA) is 20.3 Å². The summed E-state index contributed by atoms with van der Waals surface area (Å²) in [6.45, 7) is 8.25. The van der Waals surface area contributed by atoms with Gasteiger partial charge in [0, 0.05) is 20.0 Å². The van der Waals surface area contributed by atoms with Gasteiger partial charge in [0.2, 0.25) is 5.91 Å². The molecule has 1 fully saturated rings. The summed E-state index contributed by atoms with van der Waals surface area (Å²) in [6.07, 6.45) is 9.23. The van der Waals surface area contributed by atoms with Gasteiger partial charge in [0.15, 0.2) is 0 Å². The highest BCUT2D eigenvalue weighted by Gasteiger charge is 2.26. The summed E-state index contributed by atoms with van der Waals surface area (Å²) in [7, 11) is 0. The fraction of sp³-hybridized carbons (Fsp3) is 0.933. The molecule has 1 aliphatic rings. The maximum atomic E-state index is 11.3. The third-order valence-corrected chi connectivity index (χ3v) is 4.24. The van der Waals surface area contributed by atoms with Gasteiger partial charge in [0.25, 0.3) is 0 Å². The lowest BCUT2D eigenvalue weighted by atomic mass is 9.79. The fourth-order valence-electron chi connectivity index (χ4n) is 3.14. The molecule has 2 heteroatoms. The first-order valence-corrected chi connectivity index (χ1v) is 7.44. The van der Waals surface area contributed by atoms with Crippen LogP contribution >= 0.6 is 0 Å². The van der Waals surface area contributed by atoms with Crippen LogP contribution in [0.25, 0.3) is 0 Å². The number of piperidine rings is 1. The van der Waals surface area contributed by atoms with Crippen LogP contribution in [0.1, 0.15) is 65.7 Å². The summed E-state index contributed by atoms with van der Waals surface area (Å²) in [5, 5.41) is 0. The number of hydrogen-bond donors (Lipinski definition) is 0. The molecule has 0 N–H and O–H groups in total. The van der Waals surface area contributed by atoms with Gasteiger partial charge in [-0.15, -0.1) is 0 Å². The zero-order chi connectivity index (χ0) is 12.7. The number of likely N-dealkylation sites (tertiary alicyclic amines) is 1. The highest BCUT2D eigenvalue weighted by Crippen LogP contribution is 2.31. The van der Waals surface area contributed by atoms with E-state index >= 15 is 0 Å². The minimum absolute atomic E-state index is 0.254. The minimum atomic E-state index is 0.254. The predicted octanol–water partition coefficient (Wildman–Crippen LogP) is 3.85. The average Bonchev–Trinajstić information content (AvgIpc) is 2.34. The number of rotatable bonds is 6. The molecular formula is C15H29NO. The van der Waals surface area contributed by atoms with Crippen molar-refractivity contribution in [1.82, 2.24) is 4.90 Å². The first-order chi connectivity index (χ1) is 8.19. The van der Waals surface area contributed by atoms with Crippen LogP contribution in [0.3, 0.4) is 0 Å². The number of amides is 1. The Bertz CT molecular complexity index is 219. The van der Waals surface area contributed by atoms with E-state index in [1.54, 1.807) is 6.92 Å². The summed E-state index contributed by atoms with van der Waals surface area (Å²) in [5.41, 5.74) is 0. The van der Waals surface area contributed by atoms with Crippen molar-refractivity contribution < 1.29 is 4.79 Å².